The van der Waals surface area contributed by atoms with Crippen LogP contribution in [-0.4, -0.2) is 30.0 Å². The predicted molar refractivity (Wildman–Crippen MR) is 97.5 cm³/mol. The first kappa shape index (κ1) is 21.7. The predicted octanol–water partition coefficient (Wildman–Crippen LogP) is 4.37. The number of H-pyrrole nitrogens is 1. The quantitative estimate of drug-likeness (QED) is 0.673. The molecule has 0 unspecified atom stereocenters. The van der Waals surface area contributed by atoms with E-state index in [2.05, 4.69) is 15.3 Å². The van der Waals surface area contributed by atoms with Crippen LogP contribution in [0.2, 0.25) is 0 Å². The molecule has 0 aliphatic heterocycles. The smallest absolute Gasteiger partial charge is 0.310 e. The second-order valence-electron chi connectivity index (χ2n) is 6.32. The van der Waals surface area contributed by atoms with Gasteiger partial charge in [0, 0.05) is 20.2 Å². The van der Waals surface area contributed by atoms with Crippen molar-refractivity contribution >= 4 is 22.1 Å². The number of carbonyl (C=O) groups is 1. The summed E-state index contributed by atoms with van der Waals surface area (Å²) in [7, 11) is -6.55. The highest BCUT2D eigenvalue weighted by Crippen LogP contribution is 3.02. The number of hydrogen-bond acceptors (Lipinski definition) is 4. The number of nitrogens with zero attached hydrogens (tertiary/aromatic N) is 2. The van der Waals surface area contributed by atoms with Crippen molar-refractivity contribution in [3.63, 3.8) is 0 Å². The molecule has 0 saturated carbocycles. The molecule has 0 fully saturated rings. The molecule has 0 aliphatic rings. The third-order valence-electron chi connectivity index (χ3n) is 3.83. The van der Waals surface area contributed by atoms with Crippen LogP contribution in [0.5, 0.6) is 0 Å². The number of aromatic nitrogens is 2. The molecule has 12 heteroatoms. The van der Waals surface area contributed by atoms with E-state index in [9.17, 15) is 29.0 Å². The van der Waals surface area contributed by atoms with Gasteiger partial charge < -0.3 is 10.2 Å². The van der Waals surface area contributed by atoms with Crippen LogP contribution >= 0.6 is 10.2 Å². The molecule has 6 nitrogen and oxygen atoms in total. The highest BCUT2D eigenvalue weighted by Gasteiger charge is 2.65. The third kappa shape index (κ3) is 5.21. The fraction of sp³-hybridized carbons (Fsp3) is 0.312. The van der Waals surface area contributed by atoms with E-state index in [0.29, 0.717) is 12.1 Å². The lowest BCUT2D eigenvalue weighted by Crippen LogP contribution is -2.31. The van der Waals surface area contributed by atoms with Crippen molar-refractivity contribution < 1.29 is 24.2 Å². The Hall–Kier alpha value is -2.63. The topological polar surface area (TPSA) is 78.1 Å². The minimum absolute atomic E-state index is 0.144. The Bertz CT molecular complexity index is 943. The number of carbonyl (C=O) groups excluding carboxylic acids is 1. The van der Waals surface area contributed by atoms with E-state index >= 15 is 0 Å². The summed E-state index contributed by atoms with van der Waals surface area (Å²) in [6.07, 6.45) is 0.269. The van der Waals surface area contributed by atoms with E-state index < -0.39 is 32.6 Å². The molecule has 0 saturated heterocycles. The number of rotatable bonds is 6. The van der Waals surface area contributed by atoms with Crippen molar-refractivity contribution in [2.45, 2.75) is 24.3 Å². The molecule has 2 N–H and O–H groups in total. The SMILES string of the molecule is CC[C@@H](NC(=O)c1cc(=O)[nH]c(N(C)C)n1)c1ccc(S(F)(F)(F)(F)F)cc1. The largest absolute Gasteiger partial charge is 0.348 e. The number of anilines is 1. The zero-order chi connectivity index (χ0) is 21.4. The highest BCUT2D eigenvalue weighted by molar-refractivity contribution is 8.45. The number of amides is 1. The fourth-order valence-electron chi connectivity index (χ4n) is 2.38. The molecule has 1 heterocycles. The molecule has 1 aromatic heterocycles. The zero-order valence-corrected chi connectivity index (χ0v) is 16.0. The maximum atomic E-state index is 12.8. The van der Waals surface area contributed by atoms with E-state index in [1.807, 2.05) is 0 Å². The first-order valence-electron chi connectivity index (χ1n) is 8.04. The van der Waals surface area contributed by atoms with E-state index in [-0.39, 0.29) is 23.6 Å². The molecule has 0 spiro atoms. The van der Waals surface area contributed by atoms with Crippen molar-refractivity contribution in [1.29, 1.82) is 0 Å². The fourth-order valence-corrected chi connectivity index (χ4v) is 3.03. The number of hydrogen-bond donors (Lipinski definition) is 2. The van der Waals surface area contributed by atoms with Crippen molar-refractivity contribution in [2.75, 3.05) is 19.0 Å². The van der Waals surface area contributed by atoms with Crippen LogP contribution in [0.3, 0.4) is 0 Å². The van der Waals surface area contributed by atoms with Crippen molar-refractivity contribution in [2.24, 2.45) is 0 Å². The lowest BCUT2D eigenvalue weighted by Gasteiger charge is -2.40. The van der Waals surface area contributed by atoms with Gasteiger partial charge in [-0.15, -0.1) is 0 Å². The molecule has 156 valence electrons. The molecular weight excluding hydrogens is 407 g/mol. The molecule has 1 aromatic carbocycles. The number of nitrogens with one attached hydrogen (secondary N) is 2. The summed E-state index contributed by atoms with van der Waals surface area (Å²) in [5.41, 5.74) is -0.536. The molecule has 0 bridgehead atoms. The Morgan fingerprint density at radius 1 is 1.18 bits per heavy atom. The normalized spacial score (nSPS) is 15.3. The van der Waals surface area contributed by atoms with Gasteiger partial charge in [-0.1, -0.05) is 38.5 Å². The molecule has 1 amide bonds. The Morgan fingerprint density at radius 2 is 1.75 bits per heavy atom. The van der Waals surface area contributed by atoms with Gasteiger partial charge in [-0.2, -0.15) is 0 Å². The summed E-state index contributed by atoms with van der Waals surface area (Å²) >= 11 is 0. The molecule has 28 heavy (non-hydrogen) atoms. The number of benzene rings is 1. The van der Waals surface area contributed by atoms with E-state index in [1.54, 1.807) is 21.0 Å². The Balaban J connectivity index is 2.28. The van der Waals surface area contributed by atoms with Crippen LogP contribution in [0.1, 0.15) is 35.4 Å². The lowest BCUT2D eigenvalue weighted by molar-refractivity contribution is 0.0930. The summed E-state index contributed by atoms with van der Waals surface area (Å²) in [5, 5.41) is 2.54. The summed E-state index contributed by atoms with van der Waals surface area (Å²) in [5.74, 6) is -0.580. The molecule has 1 atom stereocenters. The van der Waals surface area contributed by atoms with Gasteiger partial charge in [-0.3, -0.25) is 14.6 Å². The second kappa shape index (κ2) is 6.47. The number of halogens is 5. The van der Waals surface area contributed by atoms with Crippen LogP contribution in [0.25, 0.3) is 0 Å². The van der Waals surface area contributed by atoms with Gasteiger partial charge in [0.25, 0.3) is 11.5 Å². The van der Waals surface area contributed by atoms with Gasteiger partial charge in [0.05, 0.1) is 6.04 Å². The monoisotopic (exact) mass is 426 g/mol. The van der Waals surface area contributed by atoms with Crippen LogP contribution < -0.4 is 15.8 Å². The average Bonchev–Trinajstić information content (AvgIpc) is 2.57. The minimum Gasteiger partial charge on any atom is -0.348 e. The zero-order valence-electron chi connectivity index (χ0n) is 15.2. The van der Waals surface area contributed by atoms with Gasteiger partial charge in [0.15, 0.2) is 0 Å². The summed E-state index contributed by atoms with van der Waals surface area (Å²) in [6.45, 7) is 1.65. The maximum absolute atomic E-state index is 12.8. The van der Waals surface area contributed by atoms with Crippen molar-refractivity contribution in [3.05, 3.63) is 51.9 Å². The molecule has 0 radical (unpaired) electrons. The lowest BCUT2D eigenvalue weighted by atomic mass is 10.0. The molecule has 2 rings (SSSR count). The first-order chi connectivity index (χ1) is 12.6. The van der Waals surface area contributed by atoms with Gasteiger partial charge in [-0.05, 0) is 24.1 Å². The van der Waals surface area contributed by atoms with E-state index in [1.165, 1.54) is 4.90 Å². The Morgan fingerprint density at radius 3 is 2.21 bits per heavy atom. The maximum Gasteiger partial charge on any atom is 0.310 e. The van der Waals surface area contributed by atoms with Crippen LogP contribution in [0.15, 0.2) is 40.0 Å². The molecule has 2 aromatic rings. The Labute approximate surface area is 157 Å². The van der Waals surface area contributed by atoms with Crippen LogP contribution in [0.4, 0.5) is 25.4 Å². The number of aromatic amines is 1. The summed E-state index contributed by atoms with van der Waals surface area (Å²) in [4.78, 5) is 30.0. The van der Waals surface area contributed by atoms with E-state index in [4.69, 9.17) is 0 Å². The minimum atomic E-state index is -9.76. The average molecular weight is 426 g/mol. The third-order valence-corrected chi connectivity index (χ3v) is 4.99. The van der Waals surface area contributed by atoms with Gasteiger partial charge in [-0.25, -0.2) is 4.98 Å². The van der Waals surface area contributed by atoms with Gasteiger partial charge in [0.1, 0.15) is 10.6 Å². The van der Waals surface area contributed by atoms with Gasteiger partial charge >= 0.3 is 10.2 Å². The molecular formula is C16H19F5N4O2S. The van der Waals surface area contributed by atoms with Crippen LogP contribution in [0, 0.1) is 0 Å². The van der Waals surface area contributed by atoms with Gasteiger partial charge in [0.2, 0.25) is 5.95 Å². The second-order valence-corrected chi connectivity index (χ2v) is 8.73. The standard InChI is InChI=1S/C16H19F5N4O2S/c1-4-12(10-5-7-11(8-6-10)28(17,18,19,20)21)22-15(27)13-9-14(26)24-16(23-13)25(2)3/h5-9,12H,4H2,1-3H3,(H,22,27)(H,23,24,26)/t12-/m1/s1. The van der Waals surface area contributed by atoms with Crippen molar-refractivity contribution in [3.8, 4) is 0 Å². The summed E-state index contributed by atoms with van der Waals surface area (Å²) < 4.78 is 64.1. The first-order valence-corrected chi connectivity index (χ1v) is 9.99. The summed E-state index contributed by atoms with van der Waals surface area (Å²) in [6, 6.07) is 2.58. The van der Waals surface area contributed by atoms with E-state index in [0.717, 1.165) is 18.2 Å². The van der Waals surface area contributed by atoms with Crippen LogP contribution in [-0.2, 0) is 0 Å². The van der Waals surface area contributed by atoms with Crippen molar-refractivity contribution in [1.82, 2.24) is 15.3 Å². The molecule has 0 aliphatic carbocycles. The Kier molecular flexibility index (Phi) is 5.00. The highest BCUT2D eigenvalue weighted by atomic mass is 32.5.